The average molecular weight is 234 g/mol. The Kier molecular flexibility index (Phi) is 8.13. The van der Waals surface area contributed by atoms with Crippen molar-refractivity contribution < 1.29 is 0 Å². The normalized spacial score (nSPS) is 26.0. The largest absolute Gasteiger partial charge is 0.0883 e. The topological polar surface area (TPSA) is 0 Å². The Morgan fingerprint density at radius 1 is 0.765 bits per heavy atom. The highest BCUT2D eigenvalue weighted by Crippen LogP contribution is 2.30. The fraction of sp³-hybridized carbons (Fsp3) is 0.765. The van der Waals surface area contributed by atoms with Gasteiger partial charge in [0, 0.05) is 0 Å². The number of rotatable bonds is 7. The fourth-order valence-electron chi connectivity index (χ4n) is 2.60. The Morgan fingerprint density at radius 2 is 1.29 bits per heavy atom. The summed E-state index contributed by atoms with van der Waals surface area (Å²) in [6, 6.07) is 0. The lowest BCUT2D eigenvalue weighted by Gasteiger charge is -2.24. The van der Waals surface area contributed by atoms with Crippen LogP contribution in [-0.4, -0.2) is 0 Å². The van der Waals surface area contributed by atoms with Crippen LogP contribution in [0.2, 0.25) is 0 Å². The lowest BCUT2D eigenvalue weighted by atomic mass is 9.81. The molecule has 0 aromatic rings. The fourth-order valence-corrected chi connectivity index (χ4v) is 2.60. The van der Waals surface area contributed by atoms with Gasteiger partial charge in [-0.25, -0.2) is 0 Å². The summed E-state index contributed by atoms with van der Waals surface area (Å²) < 4.78 is 0. The molecule has 0 aromatic heterocycles. The second kappa shape index (κ2) is 9.50. The second-order valence-electron chi connectivity index (χ2n) is 5.46. The van der Waals surface area contributed by atoms with E-state index in [0.29, 0.717) is 0 Å². The molecule has 0 saturated heterocycles. The Morgan fingerprint density at radius 3 is 1.76 bits per heavy atom. The highest BCUT2D eigenvalue weighted by atomic mass is 14.2. The highest BCUT2D eigenvalue weighted by molar-refractivity contribution is 4.96. The number of allylic oxidation sites excluding steroid dienone is 4. The van der Waals surface area contributed by atoms with Crippen LogP contribution in [0.25, 0.3) is 0 Å². The first-order valence-electron chi connectivity index (χ1n) is 7.70. The van der Waals surface area contributed by atoms with Crippen molar-refractivity contribution in [3.63, 3.8) is 0 Å². The van der Waals surface area contributed by atoms with E-state index in [2.05, 4.69) is 38.2 Å². The number of hydrogen-bond acceptors (Lipinski definition) is 0. The zero-order valence-corrected chi connectivity index (χ0v) is 11.8. The van der Waals surface area contributed by atoms with E-state index in [0.717, 1.165) is 11.8 Å². The average Bonchev–Trinajstić information content (AvgIpc) is 2.37. The summed E-state index contributed by atoms with van der Waals surface area (Å²) in [6.07, 6.45) is 21.9. The third-order valence-corrected chi connectivity index (χ3v) is 3.81. The predicted molar refractivity (Wildman–Crippen MR) is 78.2 cm³/mol. The van der Waals surface area contributed by atoms with Gasteiger partial charge in [-0.05, 0) is 50.4 Å². The first-order chi connectivity index (χ1) is 8.36. The van der Waals surface area contributed by atoms with Gasteiger partial charge in [0.25, 0.3) is 0 Å². The van der Waals surface area contributed by atoms with Crippen molar-refractivity contribution in [2.24, 2.45) is 11.8 Å². The minimum Gasteiger partial charge on any atom is -0.0883 e. The molecule has 0 aliphatic heterocycles. The van der Waals surface area contributed by atoms with Crippen molar-refractivity contribution in [3.8, 4) is 0 Å². The van der Waals surface area contributed by atoms with Gasteiger partial charge < -0.3 is 0 Å². The Bertz CT molecular complexity index is 216. The molecular formula is C17H30. The van der Waals surface area contributed by atoms with E-state index >= 15 is 0 Å². The number of hydrogen-bond donors (Lipinski definition) is 0. The highest BCUT2D eigenvalue weighted by Gasteiger charge is 2.16. The molecule has 1 aliphatic carbocycles. The molecule has 1 fully saturated rings. The molecule has 1 aliphatic rings. The van der Waals surface area contributed by atoms with Crippen molar-refractivity contribution in [2.45, 2.75) is 71.6 Å². The van der Waals surface area contributed by atoms with Crippen LogP contribution in [0.5, 0.6) is 0 Å². The summed E-state index contributed by atoms with van der Waals surface area (Å²) in [5.74, 6) is 1.75. The van der Waals surface area contributed by atoms with Crippen LogP contribution in [0.3, 0.4) is 0 Å². The second-order valence-corrected chi connectivity index (χ2v) is 5.46. The first kappa shape index (κ1) is 14.5. The zero-order chi connectivity index (χ0) is 12.3. The van der Waals surface area contributed by atoms with Crippen LogP contribution in [0, 0.1) is 11.8 Å². The van der Waals surface area contributed by atoms with E-state index in [1.807, 2.05) is 0 Å². The van der Waals surface area contributed by atoms with Crippen molar-refractivity contribution in [1.82, 2.24) is 0 Å². The van der Waals surface area contributed by atoms with Gasteiger partial charge in [0.15, 0.2) is 0 Å². The van der Waals surface area contributed by atoms with E-state index in [9.17, 15) is 0 Å². The molecule has 0 amide bonds. The third-order valence-electron chi connectivity index (χ3n) is 3.81. The quantitative estimate of drug-likeness (QED) is 0.380. The van der Waals surface area contributed by atoms with Crippen molar-refractivity contribution >= 4 is 0 Å². The maximum absolute atomic E-state index is 2.49. The van der Waals surface area contributed by atoms with Crippen LogP contribution < -0.4 is 0 Å². The molecule has 0 aromatic carbocycles. The lowest BCUT2D eigenvalue weighted by molar-refractivity contribution is 0.355. The van der Waals surface area contributed by atoms with Crippen LogP contribution in [0.1, 0.15) is 71.6 Å². The van der Waals surface area contributed by atoms with Crippen LogP contribution in [0.15, 0.2) is 24.3 Å². The molecule has 98 valence electrons. The monoisotopic (exact) mass is 234 g/mol. The van der Waals surface area contributed by atoms with Gasteiger partial charge in [-0.15, -0.1) is 0 Å². The number of unbranched alkanes of at least 4 members (excludes halogenated alkanes) is 3. The molecule has 0 nitrogen and oxygen atoms in total. The molecule has 0 radical (unpaired) electrons. The first-order valence-corrected chi connectivity index (χ1v) is 7.70. The van der Waals surface area contributed by atoms with Crippen molar-refractivity contribution in [1.29, 1.82) is 0 Å². The van der Waals surface area contributed by atoms with Crippen LogP contribution in [-0.2, 0) is 0 Å². The molecule has 0 unspecified atom stereocenters. The van der Waals surface area contributed by atoms with Crippen LogP contribution >= 0.6 is 0 Å². The molecule has 0 bridgehead atoms. The van der Waals surface area contributed by atoms with Gasteiger partial charge in [0.2, 0.25) is 0 Å². The third kappa shape index (κ3) is 6.71. The summed E-state index contributed by atoms with van der Waals surface area (Å²) in [6.45, 7) is 4.52. The maximum atomic E-state index is 2.49. The van der Waals surface area contributed by atoms with Crippen molar-refractivity contribution in [2.75, 3.05) is 0 Å². The van der Waals surface area contributed by atoms with Crippen LogP contribution in [0.4, 0.5) is 0 Å². The lowest BCUT2D eigenvalue weighted by Crippen LogP contribution is -2.11. The Labute approximate surface area is 108 Å². The van der Waals surface area contributed by atoms with Gasteiger partial charge in [0.1, 0.15) is 0 Å². The SMILES string of the molecule is CCC/C=C/C1CCC(/C=C/CCCC)CC1. The van der Waals surface area contributed by atoms with Crippen molar-refractivity contribution in [3.05, 3.63) is 24.3 Å². The Hall–Kier alpha value is -0.520. The van der Waals surface area contributed by atoms with E-state index in [1.165, 1.54) is 57.8 Å². The summed E-state index contributed by atoms with van der Waals surface area (Å²) in [5, 5.41) is 0. The molecular weight excluding hydrogens is 204 g/mol. The maximum Gasteiger partial charge on any atom is -0.0233 e. The van der Waals surface area contributed by atoms with E-state index in [4.69, 9.17) is 0 Å². The minimum absolute atomic E-state index is 0.877. The summed E-state index contributed by atoms with van der Waals surface area (Å²) in [7, 11) is 0. The molecule has 17 heavy (non-hydrogen) atoms. The van der Waals surface area contributed by atoms with Gasteiger partial charge in [-0.1, -0.05) is 57.4 Å². The van der Waals surface area contributed by atoms with E-state index in [-0.39, 0.29) is 0 Å². The standard InChI is InChI=1S/C17H30/c1-3-5-7-9-11-17-14-12-16(13-15-17)10-8-6-4-2/h8-11,16-17H,3-7,12-15H2,1-2H3/b10-8+,11-9+. The molecule has 0 atom stereocenters. The van der Waals surface area contributed by atoms with Gasteiger partial charge in [-0.3, -0.25) is 0 Å². The molecule has 0 heteroatoms. The van der Waals surface area contributed by atoms with Gasteiger partial charge in [0.05, 0.1) is 0 Å². The molecule has 0 heterocycles. The summed E-state index contributed by atoms with van der Waals surface area (Å²) in [5.41, 5.74) is 0. The van der Waals surface area contributed by atoms with E-state index < -0.39 is 0 Å². The van der Waals surface area contributed by atoms with Gasteiger partial charge in [-0.2, -0.15) is 0 Å². The summed E-state index contributed by atoms with van der Waals surface area (Å²) >= 11 is 0. The zero-order valence-electron chi connectivity index (χ0n) is 11.8. The molecule has 0 N–H and O–H groups in total. The summed E-state index contributed by atoms with van der Waals surface area (Å²) in [4.78, 5) is 0. The molecule has 1 rings (SSSR count). The van der Waals surface area contributed by atoms with Gasteiger partial charge >= 0.3 is 0 Å². The smallest absolute Gasteiger partial charge is 0.0233 e. The van der Waals surface area contributed by atoms with E-state index in [1.54, 1.807) is 0 Å². The molecule has 0 spiro atoms. The Balaban J connectivity index is 2.14. The minimum atomic E-state index is 0.877. The molecule has 1 saturated carbocycles. The predicted octanol–water partition coefficient (Wildman–Crippen LogP) is 5.90.